The number of aliphatic imine (C=N–C) groups is 1. The van der Waals surface area contributed by atoms with Crippen molar-refractivity contribution < 1.29 is 91.7 Å². The Morgan fingerprint density at radius 1 is 0.444 bits per heavy atom. The molecule has 1 heterocycles. The van der Waals surface area contributed by atoms with E-state index in [9.17, 15) is 91.7 Å². The van der Waals surface area contributed by atoms with E-state index in [2.05, 4.69) is 84.1 Å². The number of H-pyrrole nitrogens is 1. The highest BCUT2D eigenvalue weighted by molar-refractivity contribution is 6.00. The van der Waals surface area contributed by atoms with Gasteiger partial charge in [-0.3, -0.25) is 86.5 Å². The Kier molecular flexibility index (Phi) is 45.8. The Morgan fingerprint density at radius 3 is 1.28 bits per heavy atom. The van der Waals surface area contributed by atoms with Crippen molar-refractivity contribution in [2.75, 3.05) is 13.1 Å². The number of nitrogens with two attached hydrogens (primary N) is 7. The minimum atomic E-state index is -1.68. The van der Waals surface area contributed by atoms with Gasteiger partial charge in [-0.05, 0) is 133 Å². The van der Waals surface area contributed by atoms with Crippen LogP contribution in [0.15, 0.2) is 41.8 Å². The van der Waals surface area contributed by atoms with Crippen molar-refractivity contribution in [2.45, 2.75) is 276 Å². The van der Waals surface area contributed by atoms with Crippen LogP contribution < -0.4 is 109 Å². The number of primary amides is 3. The Bertz CT molecular complexity index is 3670. The molecular formula is C75H125N23O19. The molecule has 0 saturated carbocycles. The highest BCUT2D eigenvalue weighted by Crippen LogP contribution is 2.17. The summed E-state index contributed by atoms with van der Waals surface area (Å²) in [5, 5.41) is 52.7. The van der Waals surface area contributed by atoms with E-state index in [4.69, 9.17) is 40.1 Å². The smallest absolute Gasteiger partial charge is 0.303 e. The summed E-state index contributed by atoms with van der Waals surface area (Å²) in [5.74, 6) is -17.9. The lowest BCUT2D eigenvalue weighted by molar-refractivity contribution is -0.139. The molecule has 117 heavy (non-hydrogen) atoms. The molecule has 2 rings (SSSR count). The molecule has 654 valence electrons. The van der Waals surface area contributed by atoms with E-state index < -0.39 is 235 Å². The molecule has 42 nitrogen and oxygen atoms in total. The maximum atomic E-state index is 14.8. The number of aromatic hydroxyl groups is 1. The van der Waals surface area contributed by atoms with Crippen molar-refractivity contribution in [2.24, 2.45) is 62.9 Å². The van der Waals surface area contributed by atoms with Gasteiger partial charge in [0, 0.05) is 50.5 Å². The number of phenolic OH excluding ortho intramolecular Hbond substituents is 1. The predicted molar refractivity (Wildman–Crippen MR) is 428 cm³/mol. The van der Waals surface area contributed by atoms with Crippen LogP contribution in [-0.4, -0.2) is 224 Å². The standard InChI is InChI=1S/C75H125N23O19/c1-11-13-18-47(91-71(114)54(33-38(3)4)95-69(112)51(26-29-57(79)101)93-74(117)60(40(7)12-2)98-70(113)52(27-30-58(102)103)89-64(107)43(10)87-73(116)59(39(5)6)97-62(105)41(8)77)67(110)96-55(35-45-36-83-37-85-45)72(115)92-50(25-28-56(78)100)68(111)90-48(20-15-17-32-84-75(81)82)65(108)86-42(9)63(106)88-49(19-14-16-31-76)66(109)94-53(61(80)104)34-44-21-23-46(99)24-22-44/h21-24,36-43,47-55,59-60,99H,11-20,25-35,76-77H2,1-10H3,(H2,78,100)(H2,79,101)(H2,80,104)(H,83,85)(H,86,108)(H,87,116)(H,88,106)(H,89,107)(H,90,111)(H,91,114)(H,92,115)(H,93,117)(H,94,109)(H,95,112)(H,96,110)(H,97,105)(H,98,113)(H,102,103)(H4,81,82,84)/t40-,41-,42-,43-,47-,48-,49-,50-,51-,52-,53-,54-,55-,59-,60-/m0/s1. The summed E-state index contributed by atoms with van der Waals surface area (Å²) in [4.78, 5) is 244. The number of carboxylic acids is 1. The molecule has 16 amide bonds. The van der Waals surface area contributed by atoms with Crippen LogP contribution in [0.3, 0.4) is 0 Å². The van der Waals surface area contributed by atoms with E-state index in [-0.39, 0.29) is 94.2 Å². The number of rotatable bonds is 57. The predicted octanol–water partition coefficient (Wildman–Crippen LogP) is -5.02. The third-order valence-corrected chi connectivity index (χ3v) is 18.7. The normalized spacial score (nSPS) is 15.0. The molecule has 0 unspecified atom stereocenters. The summed E-state index contributed by atoms with van der Waals surface area (Å²) in [7, 11) is 0. The van der Waals surface area contributed by atoms with E-state index in [1.165, 1.54) is 57.6 Å². The van der Waals surface area contributed by atoms with Crippen LogP contribution in [0.25, 0.3) is 0 Å². The number of carbonyl (C=O) groups excluding carboxylic acids is 16. The van der Waals surface area contributed by atoms with Crippen LogP contribution in [-0.2, 0) is 94.3 Å². The zero-order valence-electron chi connectivity index (χ0n) is 68.4. The first-order chi connectivity index (χ1) is 55.0. The number of carbonyl (C=O) groups is 17. The maximum Gasteiger partial charge on any atom is 0.303 e. The van der Waals surface area contributed by atoms with E-state index in [0.717, 1.165) is 0 Å². The summed E-state index contributed by atoms with van der Waals surface area (Å²) < 4.78 is 0. The van der Waals surface area contributed by atoms with Crippen LogP contribution in [0.4, 0.5) is 0 Å². The molecule has 0 radical (unpaired) electrons. The lowest BCUT2D eigenvalue weighted by atomic mass is 9.96. The number of imidazole rings is 1. The zero-order chi connectivity index (χ0) is 88.3. The molecule has 30 N–H and O–H groups in total. The fourth-order valence-electron chi connectivity index (χ4n) is 11.7. The second kappa shape index (κ2) is 52.8. The van der Waals surface area contributed by atoms with E-state index in [0.29, 0.717) is 31.2 Å². The van der Waals surface area contributed by atoms with Crippen molar-refractivity contribution in [3.8, 4) is 5.75 Å². The van der Waals surface area contributed by atoms with Gasteiger partial charge < -0.3 is 124 Å². The third kappa shape index (κ3) is 39.1. The molecule has 1 aromatic heterocycles. The molecule has 0 saturated heterocycles. The number of guanidine groups is 1. The Morgan fingerprint density at radius 2 is 0.846 bits per heavy atom. The lowest BCUT2D eigenvalue weighted by Gasteiger charge is -2.30. The third-order valence-electron chi connectivity index (χ3n) is 18.7. The molecule has 0 bridgehead atoms. The Labute approximate surface area is 680 Å². The van der Waals surface area contributed by atoms with Gasteiger partial charge >= 0.3 is 5.97 Å². The quantitative estimate of drug-likeness (QED) is 0.0167. The number of phenols is 1. The topological polar surface area (TPSA) is 710 Å². The molecule has 0 fully saturated rings. The Hall–Kier alpha value is -11.6. The molecule has 0 aliphatic carbocycles. The average molecular weight is 1650 g/mol. The summed E-state index contributed by atoms with van der Waals surface area (Å²) in [6.45, 7) is 16.0. The fourth-order valence-corrected chi connectivity index (χ4v) is 11.7. The molecule has 2 aromatic rings. The van der Waals surface area contributed by atoms with Gasteiger partial charge in [0.05, 0.1) is 12.4 Å². The van der Waals surface area contributed by atoms with Crippen molar-refractivity contribution in [1.82, 2.24) is 79.1 Å². The average Bonchev–Trinajstić information content (AvgIpc) is 1.61. The molecule has 15 atom stereocenters. The number of hydrogen-bond donors (Lipinski definition) is 23. The van der Waals surface area contributed by atoms with Crippen molar-refractivity contribution in [3.63, 3.8) is 0 Å². The maximum absolute atomic E-state index is 14.8. The molecule has 1 aromatic carbocycles. The van der Waals surface area contributed by atoms with Gasteiger partial charge in [-0.2, -0.15) is 0 Å². The van der Waals surface area contributed by atoms with Crippen LogP contribution in [0.2, 0.25) is 0 Å². The van der Waals surface area contributed by atoms with E-state index in [1.54, 1.807) is 48.5 Å². The fraction of sp³-hybridized carbons (Fsp3) is 0.640. The molecule has 42 heteroatoms. The number of aliphatic carboxylic acids is 1. The number of amides is 16. The summed E-state index contributed by atoms with van der Waals surface area (Å²) in [6.07, 6.45) is 0.983. The lowest BCUT2D eigenvalue weighted by Crippen LogP contribution is -2.61. The first-order valence-corrected chi connectivity index (χ1v) is 39.3. The van der Waals surface area contributed by atoms with Crippen LogP contribution >= 0.6 is 0 Å². The number of benzene rings is 1. The number of aromatic amines is 1. The first kappa shape index (κ1) is 101. The number of nitrogens with one attached hydrogen (secondary N) is 14. The van der Waals surface area contributed by atoms with Gasteiger partial charge in [-0.15, -0.1) is 0 Å². The van der Waals surface area contributed by atoms with E-state index >= 15 is 0 Å². The number of unbranched alkanes of at least 4 members (excludes halogenated alkanes) is 3. The highest BCUT2D eigenvalue weighted by atomic mass is 16.4. The summed E-state index contributed by atoms with van der Waals surface area (Å²) >= 11 is 0. The SMILES string of the molecule is CCCC[C@H](NC(=O)[C@H](CC(C)C)NC(=O)[C@H](CCC(N)=O)NC(=O)[C@@H](NC(=O)[C@H](CCC(=O)O)NC(=O)[C@H](C)NC(=O)[C@@H](NC(=O)[C@H](C)N)C(C)C)[C@@H](C)CC)C(=O)N[C@@H](Cc1cnc[nH]1)C(=O)N[C@@H](CCC(N)=O)C(=O)N[C@@H](CCCCN=C(N)N)C(=O)N[C@@H](C)C(=O)N[C@@H](CCCCN)C(=O)N[C@@H](Cc1ccc(O)cc1)C(N)=O. The number of aromatic nitrogens is 2. The summed E-state index contributed by atoms with van der Waals surface area (Å²) in [6, 6.07) is -14.2. The second-order valence-electron chi connectivity index (χ2n) is 29.8. The molecular weight excluding hydrogens is 1530 g/mol. The van der Waals surface area contributed by atoms with Gasteiger partial charge in [0.2, 0.25) is 94.5 Å². The second-order valence-corrected chi connectivity index (χ2v) is 29.8. The van der Waals surface area contributed by atoms with Crippen molar-refractivity contribution >= 4 is 106 Å². The minimum absolute atomic E-state index is 0.0339. The Balaban J connectivity index is 2.56. The highest BCUT2D eigenvalue weighted by Gasteiger charge is 2.39. The number of hydrogen-bond acceptors (Lipinski definition) is 22. The van der Waals surface area contributed by atoms with Gasteiger partial charge in [0.15, 0.2) is 5.96 Å². The molecule has 0 spiro atoms. The van der Waals surface area contributed by atoms with Crippen molar-refractivity contribution in [3.05, 3.63) is 48.0 Å². The zero-order valence-corrected chi connectivity index (χ0v) is 68.4. The van der Waals surface area contributed by atoms with Crippen LogP contribution in [0.5, 0.6) is 5.75 Å². The molecule has 0 aliphatic rings. The van der Waals surface area contributed by atoms with Gasteiger partial charge in [-0.25, -0.2) is 4.98 Å². The van der Waals surface area contributed by atoms with E-state index in [1.807, 2.05) is 0 Å². The minimum Gasteiger partial charge on any atom is -0.508 e. The number of nitrogens with zero attached hydrogens (tertiary/aromatic N) is 2. The van der Waals surface area contributed by atoms with Gasteiger partial charge in [0.25, 0.3) is 0 Å². The molecule has 0 aliphatic heterocycles. The number of carboxylic acid groups (broad SMARTS) is 1. The van der Waals surface area contributed by atoms with Crippen LogP contribution in [0, 0.1) is 17.8 Å². The van der Waals surface area contributed by atoms with Crippen molar-refractivity contribution in [1.29, 1.82) is 0 Å². The van der Waals surface area contributed by atoms with Gasteiger partial charge in [-0.1, -0.05) is 79.9 Å². The van der Waals surface area contributed by atoms with Crippen LogP contribution in [0.1, 0.15) is 190 Å². The monoisotopic (exact) mass is 1650 g/mol. The largest absolute Gasteiger partial charge is 0.508 e. The van der Waals surface area contributed by atoms with Gasteiger partial charge in [0.1, 0.15) is 84.3 Å². The first-order valence-electron chi connectivity index (χ1n) is 39.3. The summed E-state index contributed by atoms with van der Waals surface area (Å²) in [5.41, 5.74) is 40.1.